The van der Waals surface area contributed by atoms with Gasteiger partial charge in [0.05, 0.1) is 50.9 Å². The third-order valence-corrected chi connectivity index (χ3v) is 7.99. The highest BCUT2D eigenvalue weighted by Crippen LogP contribution is 2.39. The van der Waals surface area contributed by atoms with Crippen LogP contribution in [-0.4, -0.2) is 97.5 Å². The van der Waals surface area contributed by atoms with Crippen molar-refractivity contribution in [3.8, 4) is 5.75 Å². The Kier molecular flexibility index (Phi) is 12.9. The molecule has 1 heterocycles. The van der Waals surface area contributed by atoms with Gasteiger partial charge in [0.15, 0.2) is 0 Å². The van der Waals surface area contributed by atoms with Gasteiger partial charge >= 0.3 is 0 Å². The standard InChI is InChI=1S/C33H48N2O7/c1-34(2)32(36)24-42-31-8-5-7-30(33(31)27-12-9-25(10-13-27)22-39-20-19-38-4)41-23-26-11-14-29-28(21-26)35(16-18-40-29)15-6-17-37-3/h9-14,21,30-31,33H,5-8,15-20,22-24H2,1-4H3/t30-,31+,33+/m0/s1. The summed E-state index contributed by atoms with van der Waals surface area (Å²) in [7, 11) is 6.92. The highest BCUT2D eigenvalue weighted by atomic mass is 16.5. The SMILES string of the molecule is COCCCN1CCOc2ccc(CO[C@H]3CCC[C@@H](OCC(=O)N(C)C)[C@@H]3c3ccc(COCCOC)cc3)cc21. The Hall–Kier alpha value is -2.69. The minimum atomic E-state index is -0.107. The highest BCUT2D eigenvalue weighted by molar-refractivity contribution is 5.76. The molecule has 1 fully saturated rings. The Morgan fingerprint density at radius 3 is 2.40 bits per heavy atom. The first-order valence-corrected chi connectivity index (χ1v) is 15.1. The van der Waals surface area contributed by atoms with Crippen molar-refractivity contribution in [1.29, 1.82) is 0 Å². The van der Waals surface area contributed by atoms with E-state index in [4.69, 9.17) is 28.4 Å². The van der Waals surface area contributed by atoms with Gasteiger partial charge in [0, 0.05) is 47.4 Å². The molecule has 0 aromatic heterocycles. The summed E-state index contributed by atoms with van der Waals surface area (Å²) in [6.07, 6.45) is 3.64. The van der Waals surface area contributed by atoms with Crippen LogP contribution in [0.5, 0.6) is 5.75 Å². The fourth-order valence-corrected chi connectivity index (χ4v) is 5.64. The number of carbonyl (C=O) groups is 1. The third-order valence-electron chi connectivity index (χ3n) is 7.99. The zero-order valence-electron chi connectivity index (χ0n) is 25.7. The van der Waals surface area contributed by atoms with Gasteiger partial charge in [-0.3, -0.25) is 4.79 Å². The van der Waals surface area contributed by atoms with Crippen LogP contribution in [0.4, 0.5) is 5.69 Å². The van der Waals surface area contributed by atoms with E-state index in [1.165, 1.54) is 0 Å². The number of likely N-dealkylation sites (N-methyl/N-ethyl adjacent to an activating group) is 1. The minimum Gasteiger partial charge on any atom is -0.490 e. The topological polar surface area (TPSA) is 78.9 Å². The van der Waals surface area contributed by atoms with Crippen molar-refractivity contribution in [1.82, 2.24) is 4.90 Å². The van der Waals surface area contributed by atoms with Gasteiger partial charge in [-0.2, -0.15) is 0 Å². The van der Waals surface area contributed by atoms with Crippen LogP contribution in [-0.2, 0) is 41.7 Å². The number of hydrogen-bond donors (Lipinski definition) is 0. The maximum absolute atomic E-state index is 12.4. The van der Waals surface area contributed by atoms with Crippen LogP contribution in [0.1, 0.15) is 48.3 Å². The van der Waals surface area contributed by atoms with Crippen molar-refractivity contribution in [3.63, 3.8) is 0 Å². The first kappa shape index (κ1) is 32.2. The second-order valence-corrected chi connectivity index (χ2v) is 11.2. The predicted molar refractivity (Wildman–Crippen MR) is 162 cm³/mol. The fraction of sp³-hybridized carbons (Fsp3) is 0.606. The summed E-state index contributed by atoms with van der Waals surface area (Å²) < 4.78 is 34.9. The molecule has 2 aromatic rings. The molecular formula is C33H48N2O7. The van der Waals surface area contributed by atoms with Crippen LogP contribution in [0.2, 0.25) is 0 Å². The number of hydrogen-bond acceptors (Lipinski definition) is 8. The largest absolute Gasteiger partial charge is 0.490 e. The molecular weight excluding hydrogens is 536 g/mol. The summed E-state index contributed by atoms with van der Waals surface area (Å²) in [5.41, 5.74) is 4.50. The van der Waals surface area contributed by atoms with Crippen molar-refractivity contribution in [2.45, 2.75) is 57.0 Å². The van der Waals surface area contributed by atoms with Crippen LogP contribution in [0.25, 0.3) is 0 Å². The van der Waals surface area contributed by atoms with Crippen molar-refractivity contribution >= 4 is 11.6 Å². The second kappa shape index (κ2) is 16.8. The number of fused-ring (bicyclic) bond motifs is 1. The van der Waals surface area contributed by atoms with Crippen LogP contribution in [0.15, 0.2) is 42.5 Å². The average molecular weight is 585 g/mol. The number of carbonyl (C=O) groups excluding carboxylic acids is 1. The summed E-state index contributed by atoms with van der Waals surface area (Å²) in [6, 6.07) is 14.9. The lowest BCUT2D eigenvalue weighted by molar-refractivity contribution is -0.139. The molecule has 9 nitrogen and oxygen atoms in total. The van der Waals surface area contributed by atoms with Crippen LogP contribution >= 0.6 is 0 Å². The molecule has 4 rings (SSSR count). The molecule has 2 aliphatic rings. The van der Waals surface area contributed by atoms with Gasteiger partial charge in [-0.05, 0) is 54.5 Å². The number of benzene rings is 2. The number of rotatable bonds is 16. The number of nitrogens with zero attached hydrogens (tertiary/aromatic N) is 2. The minimum absolute atomic E-state index is 0.0173. The van der Waals surface area contributed by atoms with Gasteiger partial charge in [-0.15, -0.1) is 0 Å². The summed E-state index contributed by atoms with van der Waals surface area (Å²) in [4.78, 5) is 16.3. The fourth-order valence-electron chi connectivity index (χ4n) is 5.64. The zero-order valence-corrected chi connectivity index (χ0v) is 25.7. The normalized spacial score (nSPS) is 20.2. The second-order valence-electron chi connectivity index (χ2n) is 11.2. The van der Waals surface area contributed by atoms with Gasteiger partial charge in [-0.25, -0.2) is 0 Å². The van der Waals surface area contributed by atoms with E-state index in [1.807, 2.05) is 0 Å². The predicted octanol–water partition coefficient (Wildman–Crippen LogP) is 4.41. The maximum Gasteiger partial charge on any atom is 0.248 e. The molecule has 0 saturated heterocycles. The lowest BCUT2D eigenvalue weighted by atomic mass is 9.79. The highest BCUT2D eigenvalue weighted by Gasteiger charge is 2.36. The lowest BCUT2D eigenvalue weighted by Gasteiger charge is -2.38. The summed E-state index contributed by atoms with van der Waals surface area (Å²) in [5, 5.41) is 0. The Bertz CT molecular complexity index is 1090. The zero-order chi connectivity index (χ0) is 29.7. The van der Waals surface area contributed by atoms with Crippen molar-refractivity contribution in [3.05, 3.63) is 59.2 Å². The molecule has 1 aliphatic carbocycles. The lowest BCUT2D eigenvalue weighted by Crippen LogP contribution is -2.39. The quantitative estimate of drug-likeness (QED) is 0.269. The maximum atomic E-state index is 12.4. The van der Waals surface area contributed by atoms with E-state index in [-0.39, 0.29) is 30.6 Å². The Morgan fingerprint density at radius 2 is 1.67 bits per heavy atom. The van der Waals surface area contributed by atoms with Crippen LogP contribution in [0, 0.1) is 0 Å². The Labute approximate surface area is 251 Å². The molecule has 9 heteroatoms. The molecule has 0 spiro atoms. The first-order chi connectivity index (χ1) is 20.5. The van der Waals surface area contributed by atoms with Gasteiger partial charge < -0.3 is 38.2 Å². The number of methoxy groups -OCH3 is 2. The van der Waals surface area contributed by atoms with Gasteiger partial charge in [0.2, 0.25) is 5.91 Å². The molecule has 42 heavy (non-hydrogen) atoms. The monoisotopic (exact) mass is 584 g/mol. The van der Waals surface area contributed by atoms with E-state index in [2.05, 4.69) is 47.4 Å². The van der Waals surface area contributed by atoms with Crippen LogP contribution < -0.4 is 9.64 Å². The summed E-state index contributed by atoms with van der Waals surface area (Å²) in [6.45, 7) is 5.46. The number of anilines is 1. The summed E-state index contributed by atoms with van der Waals surface area (Å²) in [5.74, 6) is 0.902. The molecule has 3 atom stereocenters. The Balaban J connectivity index is 1.47. The van der Waals surface area contributed by atoms with Crippen LogP contribution in [0.3, 0.4) is 0 Å². The molecule has 232 valence electrons. The van der Waals surface area contributed by atoms with E-state index in [1.54, 1.807) is 33.2 Å². The molecule has 1 saturated carbocycles. The molecule has 0 radical (unpaired) electrons. The van der Waals surface area contributed by atoms with E-state index < -0.39 is 0 Å². The van der Waals surface area contributed by atoms with E-state index in [0.717, 1.165) is 73.5 Å². The van der Waals surface area contributed by atoms with Gasteiger partial charge in [0.25, 0.3) is 0 Å². The molecule has 2 aromatic carbocycles. The molecule has 0 bridgehead atoms. The molecule has 1 amide bonds. The van der Waals surface area contributed by atoms with E-state index in [0.29, 0.717) is 33.0 Å². The van der Waals surface area contributed by atoms with E-state index in [9.17, 15) is 4.79 Å². The molecule has 0 unspecified atom stereocenters. The number of ether oxygens (including phenoxy) is 6. The average Bonchev–Trinajstić information content (AvgIpc) is 3.01. The molecule has 0 N–H and O–H groups in total. The van der Waals surface area contributed by atoms with Crippen molar-refractivity contribution < 1.29 is 33.2 Å². The number of amides is 1. The van der Waals surface area contributed by atoms with Gasteiger partial charge in [0.1, 0.15) is 19.0 Å². The first-order valence-electron chi connectivity index (χ1n) is 15.1. The van der Waals surface area contributed by atoms with Crippen molar-refractivity contribution in [2.24, 2.45) is 0 Å². The van der Waals surface area contributed by atoms with Crippen molar-refractivity contribution in [2.75, 3.05) is 79.3 Å². The summed E-state index contributed by atoms with van der Waals surface area (Å²) >= 11 is 0. The third kappa shape index (κ3) is 9.15. The molecule has 1 aliphatic heterocycles. The van der Waals surface area contributed by atoms with E-state index >= 15 is 0 Å². The Morgan fingerprint density at radius 1 is 0.929 bits per heavy atom. The van der Waals surface area contributed by atoms with Gasteiger partial charge in [-0.1, -0.05) is 30.3 Å². The smallest absolute Gasteiger partial charge is 0.248 e.